The van der Waals surface area contributed by atoms with E-state index in [1.165, 1.54) is 19.3 Å². The molecule has 1 aliphatic rings. The standard InChI is InChI=1S/C14H22N6O/c1-12-18-13(19-21-12)14(6-3-2-4-7-14)16-8-5-9-20-11-15-10-17-20/h10-11,16H,2-9H2,1H3. The van der Waals surface area contributed by atoms with Crippen molar-refractivity contribution < 1.29 is 4.52 Å². The Morgan fingerprint density at radius 3 is 2.86 bits per heavy atom. The molecule has 2 aromatic heterocycles. The van der Waals surface area contributed by atoms with Gasteiger partial charge in [-0.25, -0.2) is 4.98 Å². The van der Waals surface area contributed by atoms with Crippen molar-refractivity contribution in [3.63, 3.8) is 0 Å². The molecule has 1 N–H and O–H groups in total. The lowest BCUT2D eigenvalue weighted by atomic mass is 9.81. The van der Waals surface area contributed by atoms with Gasteiger partial charge in [0.25, 0.3) is 0 Å². The van der Waals surface area contributed by atoms with E-state index < -0.39 is 0 Å². The fourth-order valence-electron chi connectivity index (χ4n) is 3.05. The van der Waals surface area contributed by atoms with Gasteiger partial charge < -0.3 is 9.84 Å². The Morgan fingerprint density at radius 2 is 2.19 bits per heavy atom. The Balaban J connectivity index is 1.60. The Bertz CT molecular complexity index is 544. The van der Waals surface area contributed by atoms with Gasteiger partial charge >= 0.3 is 0 Å². The van der Waals surface area contributed by atoms with Crippen LogP contribution in [-0.4, -0.2) is 31.4 Å². The monoisotopic (exact) mass is 290 g/mol. The molecule has 1 aliphatic carbocycles. The second kappa shape index (κ2) is 6.34. The zero-order chi connectivity index (χ0) is 14.5. The van der Waals surface area contributed by atoms with Gasteiger partial charge in [0.15, 0.2) is 5.82 Å². The fourth-order valence-corrected chi connectivity index (χ4v) is 3.05. The van der Waals surface area contributed by atoms with Crippen LogP contribution in [0.25, 0.3) is 0 Å². The molecule has 0 radical (unpaired) electrons. The van der Waals surface area contributed by atoms with E-state index in [1.54, 1.807) is 12.7 Å². The SMILES string of the molecule is Cc1nc(C2(NCCCn3cncn3)CCCCC2)no1. The Morgan fingerprint density at radius 1 is 1.33 bits per heavy atom. The van der Waals surface area contributed by atoms with Crippen molar-refractivity contribution in [1.29, 1.82) is 0 Å². The molecule has 0 aromatic carbocycles. The molecule has 0 spiro atoms. The maximum atomic E-state index is 5.18. The summed E-state index contributed by atoms with van der Waals surface area (Å²) in [5.41, 5.74) is -0.113. The van der Waals surface area contributed by atoms with Crippen molar-refractivity contribution in [3.8, 4) is 0 Å². The molecule has 0 saturated heterocycles. The molecular weight excluding hydrogens is 268 g/mol. The molecule has 0 atom stereocenters. The summed E-state index contributed by atoms with van der Waals surface area (Å²) < 4.78 is 7.04. The third kappa shape index (κ3) is 3.29. The van der Waals surface area contributed by atoms with Crippen molar-refractivity contribution in [1.82, 2.24) is 30.2 Å². The Hall–Kier alpha value is -1.76. The van der Waals surface area contributed by atoms with Crippen LogP contribution in [0, 0.1) is 6.92 Å². The van der Waals surface area contributed by atoms with E-state index in [1.807, 2.05) is 11.6 Å². The maximum Gasteiger partial charge on any atom is 0.223 e. The highest BCUT2D eigenvalue weighted by Crippen LogP contribution is 2.35. The number of aryl methyl sites for hydroxylation is 2. The molecule has 0 aliphatic heterocycles. The smallest absolute Gasteiger partial charge is 0.223 e. The average Bonchev–Trinajstić information content (AvgIpc) is 3.16. The minimum atomic E-state index is -0.113. The van der Waals surface area contributed by atoms with Gasteiger partial charge in [-0.05, 0) is 25.8 Å². The number of aromatic nitrogens is 5. The molecule has 1 fully saturated rings. The second-order valence-corrected chi connectivity index (χ2v) is 5.72. The van der Waals surface area contributed by atoms with E-state index in [9.17, 15) is 0 Å². The molecule has 3 rings (SSSR count). The van der Waals surface area contributed by atoms with Gasteiger partial charge in [0.05, 0.1) is 5.54 Å². The predicted molar refractivity (Wildman–Crippen MR) is 76.4 cm³/mol. The van der Waals surface area contributed by atoms with Gasteiger partial charge in [0.1, 0.15) is 12.7 Å². The first-order valence-electron chi connectivity index (χ1n) is 7.67. The molecule has 114 valence electrons. The number of nitrogens with zero attached hydrogens (tertiary/aromatic N) is 5. The van der Waals surface area contributed by atoms with Gasteiger partial charge in [-0.15, -0.1) is 0 Å². The third-order valence-corrected chi connectivity index (χ3v) is 4.16. The molecule has 7 heteroatoms. The first kappa shape index (κ1) is 14.2. The lowest BCUT2D eigenvalue weighted by Gasteiger charge is -2.35. The second-order valence-electron chi connectivity index (χ2n) is 5.72. The average molecular weight is 290 g/mol. The van der Waals surface area contributed by atoms with Crippen LogP contribution in [0.4, 0.5) is 0 Å². The molecule has 0 unspecified atom stereocenters. The summed E-state index contributed by atoms with van der Waals surface area (Å²) in [6, 6.07) is 0. The van der Waals surface area contributed by atoms with Crippen LogP contribution in [0.5, 0.6) is 0 Å². The lowest BCUT2D eigenvalue weighted by molar-refractivity contribution is 0.211. The molecule has 7 nitrogen and oxygen atoms in total. The van der Waals surface area contributed by atoms with E-state index in [2.05, 4.69) is 25.5 Å². The van der Waals surface area contributed by atoms with Crippen molar-refractivity contribution in [2.75, 3.05) is 6.54 Å². The summed E-state index contributed by atoms with van der Waals surface area (Å²) in [5, 5.41) is 12.0. The first-order valence-corrected chi connectivity index (χ1v) is 7.67. The maximum absolute atomic E-state index is 5.18. The van der Waals surface area contributed by atoms with Crippen LogP contribution >= 0.6 is 0 Å². The summed E-state index contributed by atoms with van der Waals surface area (Å²) in [7, 11) is 0. The molecule has 0 bridgehead atoms. The minimum Gasteiger partial charge on any atom is -0.340 e. The normalized spacial score (nSPS) is 18.0. The lowest BCUT2D eigenvalue weighted by Crippen LogP contribution is -2.45. The van der Waals surface area contributed by atoms with Crippen LogP contribution in [0.15, 0.2) is 17.2 Å². The number of nitrogens with one attached hydrogen (secondary N) is 1. The molecule has 21 heavy (non-hydrogen) atoms. The number of rotatable bonds is 6. The topological polar surface area (TPSA) is 81.7 Å². The molecule has 0 amide bonds. The van der Waals surface area contributed by atoms with Crippen LogP contribution in [0.2, 0.25) is 0 Å². The van der Waals surface area contributed by atoms with E-state index in [-0.39, 0.29) is 5.54 Å². The number of hydrogen-bond acceptors (Lipinski definition) is 6. The third-order valence-electron chi connectivity index (χ3n) is 4.16. The summed E-state index contributed by atoms with van der Waals surface area (Å²) in [6.07, 6.45) is 10.2. The van der Waals surface area contributed by atoms with Crippen molar-refractivity contribution in [2.45, 2.75) is 57.5 Å². The minimum absolute atomic E-state index is 0.113. The van der Waals surface area contributed by atoms with Gasteiger partial charge in [-0.2, -0.15) is 10.1 Å². The molecule has 2 aromatic rings. The first-order chi connectivity index (χ1) is 10.3. The highest BCUT2D eigenvalue weighted by Gasteiger charge is 2.37. The van der Waals surface area contributed by atoms with Gasteiger partial charge in [-0.1, -0.05) is 24.4 Å². The zero-order valence-corrected chi connectivity index (χ0v) is 12.5. The highest BCUT2D eigenvalue weighted by molar-refractivity contribution is 5.06. The van der Waals surface area contributed by atoms with E-state index >= 15 is 0 Å². The van der Waals surface area contributed by atoms with E-state index in [0.717, 1.165) is 38.2 Å². The summed E-state index contributed by atoms with van der Waals surface area (Å²) in [6.45, 7) is 3.62. The predicted octanol–water partition coefficient (Wildman–Crippen LogP) is 1.81. The van der Waals surface area contributed by atoms with Crippen molar-refractivity contribution >= 4 is 0 Å². The van der Waals surface area contributed by atoms with Crippen molar-refractivity contribution in [3.05, 3.63) is 24.4 Å². The van der Waals surface area contributed by atoms with Crippen LogP contribution in [0.1, 0.15) is 50.2 Å². The van der Waals surface area contributed by atoms with Gasteiger partial charge in [-0.3, -0.25) is 4.68 Å². The highest BCUT2D eigenvalue weighted by atomic mass is 16.5. The molecule has 2 heterocycles. The van der Waals surface area contributed by atoms with Crippen LogP contribution in [-0.2, 0) is 12.1 Å². The summed E-state index contributed by atoms with van der Waals surface area (Å²) in [4.78, 5) is 8.42. The van der Waals surface area contributed by atoms with Crippen molar-refractivity contribution in [2.24, 2.45) is 0 Å². The zero-order valence-electron chi connectivity index (χ0n) is 12.5. The Kier molecular flexibility index (Phi) is 4.28. The molecule has 1 saturated carbocycles. The Labute approximate surface area is 124 Å². The quantitative estimate of drug-likeness (QED) is 0.817. The summed E-state index contributed by atoms with van der Waals surface area (Å²) in [5.74, 6) is 1.46. The molecular formula is C14H22N6O. The van der Waals surface area contributed by atoms with Gasteiger partial charge in [0, 0.05) is 13.5 Å². The fraction of sp³-hybridized carbons (Fsp3) is 0.714. The van der Waals surface area contributed by atoms with E-state index in [4.69, 9.17) is 4.52 Å². The largest absolute Gasteiger partial charge is 0.340 e. The van der Waals surface area contributed by atoms with Crippen LogP contribution in [0.3, 0.4) is 0 Å². The number of hydrogen-bond donors (Lipinski definition) is 1. The summed E-state index contributed by atoms with van der Waals surface area (Å²) >= 11 is 0. The van der Waals surface area contributed by atoms with Gasteiger partial charge in [0.2, 0.25) is 5.89 Å². The van der Waals surface area contributed by atoms with Crippen LogP contribution < -0.4 is 5.32 Å². The van der Waals surface area contributed by atoms with E-state index in [0.29, 0.717) is 5.89 Å².